The molecule has 2 rings (SSSR count). The Morgan fingerprint density at radius 3 is 2.81 bits per heavy atom. The molecular formula is C9H7N3O4. The molecule has 0 radical (unpaired) electrons. The van der Waals surface area contributed by atoms with Crippen molar-refractivity contribution >= 4 is 22.6 Å². The molecule has 0 unspecified atom stereocenters. The quantitative estimate of drug-likeness (QED) is 0.606. The van der Waals surface area contributed by atoms with Crippen LogP contribution in [0.5, 0.6) is 0 Å². The lowest BCUT2D eigenvalue weighted by Crippen LogP contribution is -2.05. The molecule has 1 aromatic heterocycles. The summed E-state index contributed by atoms with van der Waals surface area (Å²) >= 11 is 0. The highest BCUT2D eigenvalue weighted by Crippen LogP contribution is 2.23. The second-order valence-corrected chi connectivity index (χ2v) is 3.24. The van der Waals surface area contributed by atoms with E-state index in [-0.39, 0.29) is 16.8 Å². The number of rotatable bonds is 2. The number of aromatic carboxylic acids is 1. The SMILES string of the molecule is Cn1nc2ccc([N+](=O)[O-])cc2c1C(=O)O. The third-order valence-corrected chi connectivity index (χ3v) is 2.23. The van der Waals surface area contributed by atoms with Gasteiger partial charge in [-0.15, -0.1) is 0 Å². The molecule has 0 saturated carbocycles. The third kappa shape index (κ3) is 1.38. The zero-order valence-corrected chi connectivity index (χ0v) is 8.25. The summed E-state index contributed by atoms with van der Waals surface area (Å²) in [6.45, 7) is 0. The first-order valence-electron chi connectivity index (χ1n) is 4.35. The van der Waals surface area contributed by atoms with Crippen LogP contribution in [0.2, 0.25) is 0 Å². The standard InChI is InChI=1S/C9H7N3O4/c1-11-8(9(13)14)6-4-5(12(15)16)2-3-7(6)10-11/h2-4H,1H3,(H,13,14). The zero-order chi connectivity index (χ0) is 11.9. The van der Waals surface area contributed by atoms with Gasteiger partial charge in [0.25, 0.3) is 5.69 Å². The summed E-state index contributed by atoms with van der Waals surface area (Å²) in [6.07, 6.45) is 0. The maximum Gasteiger partial charge on any atom is 0.354 e. The number of benzene rings is 1. The topological polar surface area (TPSA) is 98.3 Å². The molecule has 7 nitrogen and oxygen atoms in total. The predicted molar refractivity (Wildman–Crippen MR) is 54.3 cm³/mol. The molecule has 2 aromatic rings. The molecule has 0 saturated heterocycles. The molecule has 0 bridgehead atoms. The first-order valence-corrected chi connectivity index (χ1v) is 4.35. The molecule has 0 aliphatic carbocycles. The molecule has 0 fully saturated rings. The highest BCUT2D eigenvalue weighted by molar-refractivity contribution is 6.01. The summed E-state index contributed by atoms with van der Waals surface area (Å²) in [5.74, 6) is -1.16. The van der Waals surface area contributed by atoms with Gasteiger partial charge in [0.05, 0.1) is 10.4 Å². The van der Waals surface area contributed by atoms with Gasteiger partial charge >= 0.3 is 5.97 Å². The largest absolute Gasteiger partial charge is 0.477 e. The van der Waals surface area contributed by atoms with E-state index in [9.17, 15) is 14.9 Å². The van der Waals surface area contributed by atoms with Crippen LogP contribution < -0.4 is 0 Å². The highest BCUT2D eigenvalue weighted by atomic mass is 16.6. The molecule has 1 N–H and O–H groups in total. The molecule has 0 aliphatic rings. The number of aryl methyl sites for hydroxylation is 1. The van der Waals surface area contributed by atoms with Crippen LogP contribution in [0, 0.1) is 10.1 Å². The molecule has 82 valence electrons. The van der Waals surface area contributed by atoms with Crippen LogP contribution in [-0.4, -0.2) is 25.8 Å². The number of fused-ring (bicyclic) bond motifs is 1. The van der Waals surface area contributed by atoms with Gasteiger partial charge in [-0.25, -0.2) is 4.79 Å². The van der Waals surface area contributed by atoms with E-state index >= 15 is 0 Å². The number of carbonyl (C=O) groups is 1. The fourth-order valence-corrected chi connectivity index (χ4v) is 1.55. The Bertz CT molecular complexity index is 602. The summed E-state index contributed by atoms with van der Waals surface area (Å²) in [7, 11) is 1.48. The van der Waals surface area contributed by atoms with Gasteiger partial charge in [0.1, 0.15) is 0 Å². The van der Waals surface area contributed by atoms with Gasteiger partial charge in [-0.05, 0) is 6.07 Å². The van der Waals surface area contributed by atoms with Crippen molar-refractivity contribution in [2.24, 2.45) is 7.05 Å². The number of nitro benzene ring substituents is 1. The van der Waals surface area contributed by atoms with E-state index in [4.69, 9.17) is 5.11 Å². The van der Waals surface area contributed by atoms with Crippen LogP contribution >= 0.6 is 0 Å². The average molecular weight is 221 g/mol. The van der Waals surface area contributed by atoms with Gasteiger partial charge < -0.3 is 5.11 Å². The molecular weight excluding hydrogens is 214 g/mol. The summed E-state index contributed by atoms with van der Waals surface area (Å²) in [4.78, 5) is 20.9. The first kappa shape index (κ1) is 10.1. The van der Waals surface area contributed by atoms with Crippen molar-refractivity contribution in [2.75, 3.05) is 0 Å². The predicted octanol–water partition coefficient (Wildman–Crippen LogP) is 1.18. The van der Waals surface area contributed by atoms with Gasteiger partial charge in [-0.1, -0.05) is 0 Å². The van der Waals surface area contributed by atoms with Gasteiger partial charge in [-0.3, -0.25) is 14.8 Å². The van der Waals surface area contributed by atoms with E-state index in [1.165, 1.54) is 29.9 Å². The van der Waals surface area contributed by atoms with Crippen LogP contribution in [0.3, 0.4) is 0 Å². The zero-order valence-electron chi connectivity index (χ0n) is 8.25. The van der Waals surface area contributed by atoms with Crippen molar-refractivity contribution < 1.29 is 14.8 Å². The van der Waals surface area contributed by atoms with Crippen molar-refractivity contribution in [1.82, 2.24) is 9.78 Å². The van der Waals surface area contributed by atoms with Crippen molar-refractivity contribution in [3.8, 4) is 0 Å². The number of carboxylic acid groups (broad SMARTS) is 1. The summed E-state index contributed by atoms with van der Waals surface area (Å²) in [6, 6.07) is 3.94. The second kappa shape index (κ2) is 3.30. The number of non-ortho nitro benzene ring substituents is 1. The van der Waals surface area contributed by atoms with Gasteiger partial charge in [0.15, 0.2) is 5.69 Å². The van der Waals surface area contributed by atoms with Crippen LogP contribution in [0.1, 0.15) is 10.5 Å². The Kier molecular flexibility index (Phi) is 2.08. The number of aromatic nitrogens is 2. The molecule has 1 aromatic carbocycles. The number of hydrogen-bond acceptors (Lipinski definition) is 4. The fourth-order valence-electron chi connectivity index (χ4n) is 1.55. The van der Waals surface area contributed by atoms with Crippen LogP contribution in [-0.2, 0) is 7.05 Å². The van der Waals surface area contributed by atoms with Crippen LogP contribution in [0.15, 0.2) is 18.2 Å². The summed E-state index contributed by atoms with van der Waals surface area (Å²) in [5, 5.41) is 23.7. The van der Waals surface area contributed by atoms with Crippen LogP contribution in [0.4, 0.5) is 5.69 Å². The lowest BCUT2D eigenvalue weighted by atomic mass is 10.2. The Labute approximate surface area is 89.1 Å². The molecule has 0 aliphatic heterocycles. The van der Waals surface area contributed by atoms with Gasteiger partial charge in [0, 0.05) is 24.6 Å². The van der Waals surface area contributed by atoms with Gasteiger partial charge in [0.2, 0.25) is 0 Å². The minimum Gasteiger partial charge on any atom is -0.477 e. The molecule has 16 heavy (non-hydrogen) atoms. The van der Waals surface area contributed by atoms with Crippen LogP contribution in [0.25, 0.3) is 10.9 Å². The Morgan fingerprint density at radius 2 is 2.25 bits per heavy atom. The van der Waals surface area contributed by atoms with E-state index in [1.807, 2.05) is 0 Å². The summed E-state index contributed by atoms with van der Waals surface area (Å²) < 4.78 is 1.19. The van der Waals surface area contributed by atoms with Crippen molar-refractivity contribution in [2.45, 2.75) is 0 Å². The summed E-state index contributed by atoms with van der Waals surface area (Å²) in [5.41, 5.74) is 0.215. The molecule has 7 heteroatoms. The van der Waals surface area contributed by atoms with Crippen molar-refractivity contribution in [1.29, 1.82) is 0 Å². The first-order chi connectivity index (χ1) is 7.50. The normalized spacial score (nSPS) is 10.6. The van der Waals surface area contributed by atoms with E-state index in [0.717, 1.165) is 0 Å². The maximum atomic E-state index is 10.9. The second-order valence-electron chi connectivity index (χ2n) is 3.24. The number of carboxylic acids is 1. The highest BCUT2D eigenvalue weighted by Gasteiger charge is 2.18. The minimum absolute atomic E-state index is 0.0568. The molecule has 1 heterocycles. The smallest absolute Gasteiger partial charge is 0.354 e. The molecule has 0 atom stereocenters. The number of hydrogen-bond donors (Lipinski definition) is 1. The van der Waals surface area contributed by atoms with E-state index < -0.39 is 10.9 Å². The Hall–Kier alpha value is -2.44. The lowest BCUT2D eigenvalue weighted by Gasteiger charge is -1.94. The van der Waals surface area contributed by atoms with Crippen molar-refractivity contribution in [3.05, 3.63) is 34.0 Å². The molecule has 0 spiro atoms. The van der Waals surface area contributed by atoms with E-state index in [1.54, 1.807) is 0 Å². The van der Waals surface area contributed by atoms with Gasteiger partial charge in [-0.2, -0.15) is 5.10 Å². The van der Waals surface area contributed by atoms with E-state index in [0.29, 0.717) is 5.52 Å². The average Bonchev–Trinajstić information content (AvgIpc) is 2.51. The number of nitrogens with zero attached hydrogens (tertiary/aromatic N) is 3. The third-order valence-electron chi connectivity index (χ3n) is 2.23. The maximum absolute atomic E-state index is 10.9. The van der Waals surface area contributed by atoms with Crippen molar-refractivity contribution in [3.63, 3.8) is 0 Å². The Morgan fingerprint density at radius 1 is 1.56 bits per heavy atom. The fraction of sp³-hybridized carbons (Fsp3) is 0.111. The Balaban J connectivity index is 2.79. The van der Waals surface area contributed by atoms with E-state index in [2.05, 4.69) is 5.10 Å². The molecule has 0 amide bonds. The minimum atomic E-state index is -1.16. The number of nitro groups is 1. The monoisotopic (exact) mass is 221 g/mol. The lowest BCUT2D eigenvalue weighted by molar-refractivity contribution is -0.384.